The van der Waals surface area contributed by atoms with Crippen LogP contribution in [0.5, 0.6) is 0 Å². The molecule has 0 bridgehead atoms. The van der Waals surface area contributed by atoms with Crippen molar-refractivity contribution in [3.8, 4) is 0 Å². The van der Waals surface area contributed by atoms with E-state index in [1.54, 1.807) is 0 Å². The molecule has 0 aromatic heterocycles. The van der Waals surface area contributed by atoms with Crippen molar-refractivity contribution in [2.75, 3.05) is 26.8 Å². The summed E-state index contributed by atoms with van der Waals surface area (Å²) in [5, 5.41) is 3.28. The smallest absolute Gasteiger partial charge is 0.0516 e. The summed E-state index contributed by atoms with van der Waals surface area (Å²) < 4.78 is 6.39. The fourth-order valence-corrected chi connectivity index (χ4v) is 2.41. The summed E-state index contributed by atoms with van der Waals surface area (Å²) in [6.45, 7) is 2.92. The van der Waals surface area contributed by atoms with E-state index in [-0.39, 0.29) is 0 Å². The minimum atomic E-state index is 0.604. The first-order valence-corrected chi connectivity index (χ1v) is 6.56. The van der Waals surface area contributed by atoms with E-state index in [0.29, 0.717) is 5.92 Å². The average Bonchev–Trinajstić information content (AvgIpc) is 2.23. The Morgan fingerprint density at radius 3 is 2.56 bits per heavy atom. The number of rotatable bonds is 5. The van der Waals surface area contributed by atoms with Crippen molar-refractivity contribution >= 4 is 15.9 Å². The van der Waals surface area contributed by atoms with Gasteiger partial charge in [0.1, 0.15) is 0 Å². The number of nitrogens with one attached hydrogen (secondary N) is 1. The van der Waals surface area contributed by atoms with E-state index >= 15 is 0 Å². The minimum Gasteiger partial charge on any atom is -0.381 e. The van der Waals surface area contributed by atoms with Gasteiger partial charge in [0.25, 0.3) is 0 Å². The number of hydrogen-bond donors (Lipinski definition) is 1. The highest BCUT2D eigenvalue weighted by Gasteiger charge is 2.23. The molecule has 1 aromatic carbocycles. The van der Waals surface area contributed by atoms with Crippen molar-refractivity contribution in [3.05, 3.63) is 34.3 Å². The lowest BCUT2D eigenvalue weighted by Gasteiger charge is -2.30. The minimum absolute atomic E-state index is 0.604. The molecule has 1 aromatic rings. The van der Waals surface area contributed by atoms with Crippen LogP contribution >= 0.6 is 15.9 Å². The molecular formula is C13H18BrNO. The second-order valence-electron chi connectivity index (χ2n) is 4.45. The van der Waals surface area contributed by atoms with Crippen molar-refractivity contribution in [2.45, 2.75) is 12.3 Å². The molecule has 1 N–H and O–H groups in total. The number of hydrogen-bond acceptors (Lipinski definition) is 2. The van der Waals surface area contributed by atoms with Gasteiger partial charge < -0.3 is 10.1 Å². The molecule has 88 valence electrons. The molecule has 3 heteroatoms. The van der Waals surface area contributed by atoms with E-state index in [9.17, 15) is 0 Å². The average molecular weight is 284 g/mol. The Bertz CT molecular complexity index is 321. The summed E-state index contributed by atoms with van der Waals surface area (Å²) in [5.41, 5.74) is 1.42. The Morgan fingerprint density at radius 1 is 1.38 bits per heavy atom. The van der Waals surface area contributed by atoms with E-state index < -0.39 is 0 Å². The number of likely N-dealkylation sites (N-methyl/N-ethyl adjacent to an activating group) is 1. The Balaban J connectivity index is 2.01. The van der Waals surface area contributed by atoms with Crippen LogP contribution in [0.2, 0.25) is 0 Å². The van der Waals surface area contributed by atoms with Crippen LogP contribution in [-0.4, -0.2) is 26.8 Å². The van der Waals surface area contributed by atoms with Crippen LogP contribution in [0.15, 0.2) is 28.7 Å². The maximum Gasteiger partial charge on any atom is 0.0516 e. The first-order chi connectivity index (χ1) is 7.79. The number of benzene rings is 1. The lowest BCUT2D eigenvalue weighted by atomic mass is 9.88. The van der Waals surface area contributed by atoms with Crippen LogP contribution in [0.4, 0.5) is 0 Å². The van der Waals surface area contributed by atoms with E-state index in [4.69, 9.17) is 4.74 Å². The second-order valence-corrected chi connectivity index (χ2v) is 5.36. The third-order valence-corrected chi connectivity index (χ3v) is 3.65. The molecule has 1 heterocycles. The van der Waals surface area contributed by atoms with Crippen molar-refractivity contribution in [2.24, 2.45) is 5.92 Å². The fourth-order valence-electron chi connectivity index (χ4n) is 2.14. The van der Waals surface area contributed by atoms with Crippen molar-refractivity contribution in [1.82, 2.24) is 5.32 Å². The molecule has 1 unspecified atom stereocenters. The van der Waals surface area contributed by atoms with Gasteiger partial charge in [0, 0.05) is 16.9 Å². The molecule has 0 saturated carbocycles. The SMILES string of the molecule is CNCC(CC1COC1)c1ccc(Br)cc1. The second kappa shape index (κ2) is 5.80. The van der Waals surface area contributed by atoms with Crippen LogP contribution in [0.25, 0.3) is 0 Å². The lowest BCUT2D eigenvalue weighted by molar-refractivity contribution is -0.0384. The zero-order chi connectivity index (χ0) is 11.4. The summed E-state index contributed by atoms with van der Waals surface area (Å²) in [5.74, 6) is 1.36. The van der Waals surface area contributed by atoms with Crippen LogP contribution in [-0.2, 0) is 4.74 Å². The van der Waals surface area contributed by atoms with Gasteiger partial charge in [0.05, 0.1) is 13.2 Å². The zero-order valence-corrected chi connectivity index (χ0v) is 11.2. The van der Waals surface area contributed by atoms with Gasteiger partial charge in [-0.05, 0) is 37.1 Å². The molecule has 0 amide bonds. The van der Waals surface area contributed by atoms with Gasteiger partial charge in [0.15, 0.2) is 0 Å². The van der Waals surface area contributed by atoms with Gasteiger partial charge in [-0.25, -0.2) is 0 Å². The maximum atomic E-state index is 5.24. The highest BCUT2D eigenvalue weighted by molar-refractivity contribution is 9.10. The first kappa shape index (κ1) is 12.1. The zero-order valence-electron chi connectivity index (χ0n) is 9.58. The summed E-state index contributed by atoms with van der Waals surface area (Å²) in [6, 6.07) is 8.67. The van der Waals surface area contributed by atoms with Crippen molar-refractivity contribution in [1.29, 1.82) is 0 Å². The van der Waals surface area contributed by atoms with E-state index in [1.807, 2.05) is 7.05 Å². The lowest BCUT2D eigenvalue weighted by Crippen LogP contribution is -2.31. The molecule has 1 aliphatic heterocycles. The molecular weight excluding hydrogens is 266 g/mol. The summed E-state index contributed by atoms with van der Waals surface area (Å²) in [6.07, 6.45) is 1.22. The molecule has 1 aliphatic rings. The van der Waals surface area contributed by atoms with Crippen molar-refractivity contribution in [3.63, 3.8) is 0 Å². The molecule has 2 rings (SSSR count). The Kier molecular flexibility index (Phi) is 4.38. The van der Waals surface area contributed by atoms with Crippen LogP contribution in [0.1, 0.15) is 17.9 Å². The summed E-state index contributed by atoms with van der Waals surface area (Å²) in [4.78, 5) is 0. The highest BCUT2D eigenvalue weighted by Crippen LogP contribution is 2.28. The Morgan fingerprint density at radius 2 is 2.06 bits per heavy atom. The normalized spacial score (nSPS) is 18.1. The molecule has 1 atom stereocenters. The Labute approximate surface area is 106 Å². The monoisotopic (exact) mass is 283 g/mol. The van der Waals surface area contributed by atoms with E-state index in [0.717, 1.165) is 30.1 Å². The molecule has 16 heavy (non-hydrogen) atoms. The van der Waals surface area contributed by atoms with Gasteiger partial charge >= 0.3 is 0 Å². The van der Waals surface area contributed by atoms with Crippen LogP contribution in [0.3, 0.4) is 0 Å². The number of ether oxygens (including phenoxy) is 1. The van der Waals surface area contributed by atoms with Gasteiger partial charge in [0.2, 0.25) is 0 Å². The van der Waals surface area contributed by atoms with Crippen LogP contribution in [0, 0.1) is 5.92 Å². The third kappa shape index (κ3) is 3.06. The molecule has 0 radical (unpaired) electrons. The summed E-state index contributed by atoms with van der Waals surface area (Å²) >= 11 is 3.47. The number of halogens is 1. The van der Waals surface area contributed by atoms with E-state index in [1.165, 1.54) is 12.0 Å². The van der Waals surface area contributed by atoms with Crippen LogP contribution < -0.4 is 5.32 Å². The highest BCUT2D eigenvalue weighted by atomic mass is 79.9. The van der Waals surface area contributed by atoms with Gasteiger partial charge in [-0.15, -0.1) is 0 Å². The van der Waals surface area contributed by atoms with Crippen molar-refractivity contribution < 1.29 is 4.74 Å². The summed E-state index contributed by atoms with van der Waals surface area (Å²) in [7, 11) is 2.02. The molecule has 0 aliphatic carbocycles. The molecule has 0 spiro atoms. The quantitative estimate of drug-likeness (QED) is 0.897. The standard InChI is InChI=1S/C13H18BrNO/c1-15-7-12(6-10-8-16-9-10)11-2-4-13(14)5-3-11/h2-5,10,12,15H,6-9H2,1H3. The molecule has 2 nitrogen and oxygen atoms in total. The molecule has 1 saturated heterocycles. The van der Waals surface area contributed by atoms with Gasteiger partial charge in [-0.1, -0.05) is 28.1 Å². The molecule has 1 fully saturated rings. The third-order valence-electron chi connectivity index (χ3n) is 3.12. The first-order valence-electron chi connectivity index (χ1n) is 5.77. The topological polar surface area (TPSA) is 21.3 Å². The predicted octanol–water partition coefficient (Wildman–Crippen LogP) is 2.79. The predicted molar refractivity (Wildman–Crippen MR) is 69.7 cm³/mol. The van der Waals surface area contributed by atoms with Gasteiger partial charge in [-0.3, -0.25) is 0 Å². The van der Waals surface area contributed by atoms with E-state index in [2.05, 4.69) is 45.5 Å². The van der Waals surface area contributed by atoms with Gasteiger partial charge in [-0.2, -0.15) is 0 Å². The largest absolute Gasteiger partial charge is 0.381 e. The maximum absolute atomic E-state index is 5.24. The Hall–Kier alpha value is -0.380. The fraction of sp³-hybridized carbons (Fsp3) is 0.538.